The summed E-state index contributed by atoms with van der Waals surface area (Å²) in [4.78, 5) is 40.8. The number of anilines is 1. The molecule has 10 heteroatoms. The van der Waals surface area contributed by atoms with E-state index in [2.05, 4.69) is 63.3 Å². The summed E-state index contributed by atoms with van der Waals surface area (Å²) in [6.07, 6.45) is 4.75. The molecule has 226 valence electrons. The van der Waals surface area contributed by atoms with Crippen LogP contribution in [-0.2, 0) is 9.53 Å². The van der Waals surface area contributed by atoms with Crippen LogP contribution >= 0.6 is 0 Å². The highest BCUT2D eigenvalue weighted by Crippen LogP contribution is 2.41. The normalized spacial score (nSPS) is 12.8. The van der Waals surface area contributed by atoms with Crippen molar-refractivity contribution in [2.75, 3.05) is 12.4 Å². The van der Waals surface area contributed by atoms with Crippen molar-refractivity contribution in [2.24, 2.45) is 0 Å². The van der Waals surface area contributed by atoms with Crippen LogP contribution in [0.3, 0.4) is 0 Å². The lowest BCUT2D eigenvalue weighted by Gasteiger charge is -2.38. The molecule has 1 N–H and O–H groups in total. The van der Waals surface area contributed by atoms with Crippen LogP contribution in [0.5, 0.6) is 0 Å². The highest BCUT2D eigenvalue weighted by molar-refractivity contribution is 6.90. The Bertz CT molecular complexity index is 1490. The SMILES string of the molecule is Cc1nc2cnccn2c1-c1ccc(NC(=O)C(C)N(C)C(=O)OC(C)(C)C)nc1C#C[Si](C(C)C)(C(C)C)C(C)C. The van der Waals surface area contributed by atoms with E-state index in [1.165, 1.54) is 4.90 Å². The third-order valence-electron chi connectivity index (χ3n) is 7.91. The molecule has 42 heavy (non-hydrogen) atoms. The lowest BCUT2D eigenvalue weighted by molar-refractivity contribution is -0.120. The van der Waals surface area contributed by atoms with Crippen molar-refractivity contribution >= 4 is 31.5 Å². The molecule has 3 heterocycles. The van der Waals surface area contributed by atoms with Gasteiger partial charge in [-0.15, -0.1) is 5.54 Å². The van der Waals surface area contributed by atoms with E-state index < -0.39 is 25.8 Å². The number of fused-ring (bicyclic) bond motifs is 1. The number of likely N-dealkylation sites (N-methyl/N-ethyl adjacent to an activating group) is 1. The van der Waals surface area contributed by atoms with Gasteiger partial charge in [-0.05, 0) is 63.4 Å². The topological polar surface area (TPSA) is 102 Å². The quantitative estimate of drug-likeness (QED) is 0.238. The van der Waals surface area contributed by atoms with Crippen LogP contribution < -0.4 is 5.32 Å². The van der Waals surface area contributed by atoms with Crippen molar-refractivity contribution in [1.29, 1.82) is 0 Å². The van der Waals surface area contributed by atoms with Gasteiger partial charge in [0.1, 0.15) is 31.2 Å². The first-order valence-electron chi connectivity index (χ1n) is 14.6. The third-order valence-corrected chi connectivity index (χ3v) is 14.2. The van der Waals surface area contributed by atoms with Gasteiger partial charge in [0.2, 0.25) is 5.91 Å². The van der Waals surface area contributed by atoms with Gasteiger partial charge in [0.15, 0.2) is 5.65 Å². The highest BCUT2D eigenvalue weighted by atomic mass is 28.3. The number of carbonyl (C=O) groups excluding carboxylic acids is 2. The van der Waals surface area contributed by atoms with Gasteiger partial charge in [0, 0.05) is 25.0 Å². The summed E-state index contributed by atoms with van der Waals surface area (Å²) >= 11 is 0. The van der Waals surface area contributed by atoms with Gasteiger partial charge in [-0.2, -0.15) is 0 Å². The van der Waals surface area contributed by atoms with Crippen molar-refractivity contribution in [2.45, 2.75) is 104 Å². The van der Waals surface area contributed by atoms with Crippen molar-refractivity contribution < 1.29 is 14.3 Å². The second kappa shape index (κ2) is 12.7. The van der Waals surface area contributed by atoms with E-state index >= 15 is 0 Å². The zero-order valence-corrected chi connectivity index (χ0v) is 28.2. The molecule has 3 rings (SSSR count). The molecule has 0 bridgehead atoms. The minimum absolute atomic E-state index is 0.358. The summed E-state index contributed by atoms with van der Waals surface area (Å²) in [5, 5.41) is 2.88. The zero-order valence-electron chi connectivity index (χ0n) is 27.2. The Balaban J connectivity index is 2.11. The van der Waals surface area contributed by atoms with Crippen LogP contribution in [0.1, 0.15) is 80.6 Å². The average molecular weight is 591 g/mol. The number of aromatic nitrogens is 4. The van der Waals surface area contributed by atoms with Gasteiger partial charge in [0.25, 0.3) is 0 Å². The molecule has 0 aliphatic heterocycles. The Hall–Kier alpha value is -3.71. The Morgan fingerprint density at radius 2 is 1.64 bits per heavy atom. The number of hydrogen-bond donors (Lipinski definition) is 1. The number of aryl methyl sites for hydroxylation is 1. The van der Waals surface area contributed by atoms with Crippen LogP contribution in [0.2, 0.25) is 16.6 Å². The Labute approximate surface area is 251 Å². The molecule has 1 unspecified atom stereocenters. The van der Waals surface area contributed by atoms with Gasteiger partial charge >= 0.3 is 6.09 Å². The first kappa shape index (κ1) is 32.8. The van der Waals surface area contributed by atoms with Crippen LogP contribution in [0.15, 0.2) is 30.7 Å². The Morgan fingerprint density at radius 3 is 2.21 bits per heavy atom. The molecule has 1 atom stereocenters. The number of pyridine rings is 1. The first-order valence-corrected chi connectivity index (χ1v) is 16.8. The van der Waals surface area contributed by atoms with Gasteiger partial charge in [-0.25, -0.2) is 14.8 Å². The molecule has 3 aromatic heterocycles. The summed E-state index contributed by atoms with van der Waals surface area (Å²) in [6.45, 7) is 22.6. The van der Waals surface area contributed by atoms with E-state index in [1.54, 1.807) is 53.2 Å². The van der Waals surface area contributed by atoms with Crippen molar-refractivity contribution in [3.8, 4) is 22.7 Å². The molecule has 2 amide bonds. The number of nitrogens with one attached hydrogen (secondary N) is 1. The monoisotopic (exact) mass is 590 g/mol. The summed E-state index contributed by atoms with van der Waals surface area (Å²) in [5.41, 5.74) is 8.30. The molecule has 0 aliphatic rings. The minimum Gasteiger partial charge on any atom is -0.444 e. The van der Waals surface area contributed by atoms with Gasteiger partial charge in [-0.3, -0.25) is 19.1 Å². The fraction of sp³-hybridized carbons (Fsp3) is 0.531. The molecule has 0 radical (unpaired) electrons. The predicted molar refractivity (Wildman–Crippen MR) is 171 cm³/mol. The van der Waals surface area contributed by atoms with E-state index in [1.807, 2.05) is 23.6 Å². The van der Waals surface area contributed by atoms with Gasteiger partial charge in [-0.1, -0.05) is 47.5 Å². The molecular weight excluding hydrogens is 544 g/mol. The summed E-state index contributed by atoms with van der Waals surface area (Å²) < 4.78 is 7.41. The van der Waals surface area contributed by atoms with E-state index in [0.717, 1.165) is 22.6 Å². The zero-order chi connectivity index (χ0) is 31.6. The van der Waals surface area contributed by atoms with Crippen molar-refractivity contribution in [1.82, 2.24) is 24.3 Å². The van der Waals surface area contributed by atoms with E-state index in [9.17, 15) is 9.59 Å². The molecule has 0 saturated carbocycles. The molecule has 3 aromatic rings. The number of amides is 2. The lowest BCUT2D eigenvalue weighted by Crippen LogP contribution is -2.45. The first-order chi connectivity index (χ1) is 19.5. The van der Waals surface area contributed by atoms with Gasteiger partial charge in [0.05, 0.1) is 17.6 Å². The second-order valence-corrected chi connectivity index (χ2v) is 18.4. The molecule has 0 aliphatic carbocycles. The van der Waals surface area contributed by atoms with Crippen LogP contribution in [0, 0.1) is 18.4 Å². The maximum absolute atomic E-state index is 13.2. The number of nitrogens with zero attached hydrogens (tertiary/aromatic N) is 5. The molecular formula is C32H46N6O3Si. The summed E-state index contributed by atoms with van der Waals surface area (Å²) in [5.74, 6) is 3.47. The molecule has 0 saturated heterocycles. The minimum atomic E-state index is -2.08. The average Bonchev–Trinajstić information content (AvgIpc) is 3.22. The number of carbonyl (C=O) groups is 2. The smallest absolute Gasteiger partial charge is 0.410 e. The fourth-order valence-electron chi connectivity index (χ4n) is 5.66. The summed E-state index contributed by atoms with van der Waals surface area (Å²) in [7, 11) is -0.535. The van der Waals surface area contributed by atoms with E-state index in [-0.39, 0.29) is 5.91 Å². The lowest BCUT2D eigenvalue weighted by atomic mass is 10.1. The standard InChI is InChI=1S/C32H46N6O3Si/c1-20(2)42(21(3)4,22(5)6)18-15-26-25(29-23(7)34-28-19-33-16-17-38(28)29)13-14-27(35-26)36-30(39)24(8)37(12)31(40)41-32(9,10)11/h13-14,16-17,19-22,24H,1-12H3,(H,35,36,39). The number of rotatable bonds is 7. The number of ether oxygens (including phenoxy) is 1. The molecule has 0 spiro atoms. The Morgan fingerprint density at radius 1 is 1.02 bits per heavy atom. The largest absolute Gasteiger partial charge is 0.444 e. The third kappa shape index (κ3) is 6.84. The number of hydrogen-bond acceptors (Lipinski definition) is 6. The van der Waals surface area contributed by atoms with E-state index in [0.29, 0.717) is 28.1 Å². The fourth-order valence-corrected chi connectivity index (χ4v) is 10.9. The van der Waals surface area contributed by atoms with E-state index in [4.69, 9.17) is 14.7 Å². The maximum Gasteiger partial charge on any atom is 0.410 e. The summed E-state index contributed by atoms with van der Waals surface area (Å²) in [6, 6.07) is 2.90. The second-order valence-electron chi connectivity index (χ2n) is 12.8. The van der Waals surface area contributed by atoms with Crippen LogP contribution in [0.25, 0.3) is 16.9 Å². The highest BCUT2D eigenvalue weighted by Gasteiger charge is 2.41. The Kier molecular flexibility index (Phi) is 9.88. The van der Waals surface area contributed by atoms with Crippen LogP contribution in [0.4, 0.5) is 10.6 Å². The molecule has 9 nitrogen and oxygen atoms in total. The number of imidazole rings is 1. The maximum atomic E-state index is 13.2. The molecule has 0 fully saturated rings. The van der Waals surface area contributed by atoms with Crippen molar-refractivity contribution in [3.05, 3.63) is 42.1 Å². The molecule has 0 aromatic carbocycles. The predicted octanol–water partition coefficient (Wildman–Crippen LogP) is 6.86. The van der Waals surface area contributed by atoms with Crippen molar-refractivity contribution in [3.63, 3.8) is 0 Å². The van der Waals surface area contributed by atoms with Gasteiger partial charge < -0.3 is 10.1 Å². The van der Waals surface area contributed by atoms with Crippen LogP contribution in [-0.4, -0.2) is 63.0 Å².